The molecule has 0 aromatic heterocycles. The van der Waals surface area contributed by atoms with Crippen molar-refractivity contribution in [2.24, 2.45) is 0 Å². The lowest BCUT2D eigenvalue weighted by atomic mass is 10.1. The van der Waals surface area contributed by atoms with Gasteiger partial charge in [0.05, 0.1) is 4.90 Å². The fraction of sp³-hybridized carbons (Fsp3) is 0.529. The van der Waals surface area contributed by atoms with Gasteiger partial charge in [-0.1, -0.05) is 13.0 Å². The molecule has 0 radical (unpaired) electrons. The maximum Gasteiger partial charge on any atom is 0.242 e. The molecule has 7 nitrogen and oxygen atoms in total. The molecule has 0 fully saturated rings. The van der Waals surface area contributed by atoms with E-state index in [0.29, 0.717) is 6.54 Å². The summed E-state index contributed by atoms with van der Waals surface area (Å²) in [6.07, 6.45) is 0.766. The first-order valence-corrected chi connectivity index (χ1v) is 9.79. The number of hydrogen-bond acceptors (Lipinski definition) is 4. The van der Waals surface area contributed by atoms with E-state index in [-0.39, 0.29) is 29.7 Å². The van der Waals surface area contributed by atoms with E-state index in [2.05, 4.69) is 15.4 Å². The van der Waals surface area contributed by atoms with Gasteiger partial charge in [0.1, 0.15) is 6.04 Å². The van der Waals surface area contributed by atoms with Crippen molar-refractivity contribution < 1.29 is 18.0 Å². The van der Waals surface area contributed by atoms with Gasteiger partial charge in [0.2, 0.25) is 21.8 Å². The highest BCUT2D eigenvalue weighted by Gasteiger charge is 2.17. The van der Waals surface area contributed by atoms with Gasteiger partial charge in [-0.05, 0) is 50.5 Å². The van der Waals surface area contributed by atoms with E-state index >= 15 is 0 Å². The third-order valence-electron chi connectivity index (χ3n) is 3.75. The Morgan fingerprint density at radius 2 is 1.80 bits per heavy atom. The minimum atomic E-state index is -3.66. The molecule has 0 saturated heterocycles. The Balaban J connectivity index is 2.48. The van der Waals surface area contributed by atoms with Crippen LogP contribution >= 0.6 is 0 Å². The lowest BCUT2D eigenvalue weighted by molar-refractivity contribution is -0.128. The monoisotopic (exact) mass is 369 g/mol. The van der Waals surface area contributed by atoms with Gasteiger partial charge >= 0.3 is 0 Å². The smallest absolute Gasteiger partial charge is 0.242 e. The standard InChI is InChI=1S/C17H27N3O4S/c1-5-9-18-17(22)14(4)20-16(21)8-10-19-25(23,24)15-7-6-12(2)13(3)11-15/h6-7,11,14,19H,5,8-10H2,1-4H3,(H,18,22)(H,20,21)/t14-/m1/s1. The second-order valence-corrected chi connectivity index (χ2v) is 7.74. The summed E-state index contributed by atoms with van der Waals surface area (Å²) in [5.41, 5.74) is 1.89. The Morgan fingerprint density at radius 3 is 2.40 bits per heavy atom. The first-order chi connectivity index (χ1) is 11.7. The van der Waals surface area contributed by atoms with Gasteiger partial charge in [0, 0.05) is 19.5 Å². The minimum absolute atomic E-state index is 0.0373. The molecular formula is C17H27N3O4S. The van der Waals surface area contributed by atoms with Crippen LogP contribution in [-0.4, -0.2) is 39.4 Å². The third-order valence-corrected chi connectivity index (χ3v) is 5.21. The largest absolute Gasteiger partial charge is 0.354 e. The van der Waals surface area contributed by atoms with E-state index < -0.39 is 16.1 Å². The summed E-state index contributed by atoms with van der Waals surface area (Å²) in [5.74, 6) is -0.646. The van der Waals surface area contributed by atoms with Crippen molar-refractivity contribution in [1.29, 1.82) is 0 Å². The highest BCUT2D eigenvalue weighted by atomic mass is 32.2. The SMILES string of the molecule is CCCNC(=O)[C@@H](C)NC(=O)CCNS(=O)(=O)c1ccc(C)c(C)c1. The molecule has 140 valence electrons. The van der Waals surface area contributed by atoms with E-state index in [1.807, 2.05) is 20.8 Å². The Kier molecular flexibility index (Phi) is 8.05. The number of carbonyl (C=O) groups is 2. The summed E-state index contributed by atoms with van der Waals surface area (Å²) in [4.78, 5) is 23.7. The molecular weight excluding hydrogens is 342 g/mol. The van der Waals surface area contributed by atoms with Crippen LogP contribution in [0.2, 0.25) is 0 Å². The Hall–Kier alpha value is -1.93. The highest BCUT2D eigenvalue weighted by Crippen LogP contribution is 2.14. The zero-order chi connectivity index (χ0) is 19.0. The van der Waals surface area contributed by atoms with Crippen molar-refractivity contribution in [3.05, 3.63) is 29.3 Å². The quantitative estimate of drug-likeness (QED) is 0.604. The number of aryl methyl sites for hydroxylation is 2. The van der Waals surface area contributed by atoms with E-state index in [4.69, 9.17) is 0 Å². The first-order valence-electron chi connectivity index (χ1n) is 8.31. The molecule has 25 heavy (non-hydrogen) atoms. The highest BCUT2D eigenvalue weighted by molar-refractivity contribution is 7.89. The van der Waals surface area contributed by atoms with Crippen LogP contribution in [0.3, 0.4) is 0 Å². The molecule has 0 bridgehead atoms. The average molecular weight is 369 g/mol. The zero-order valence-electron chi connectivity index (χ0n) is 15.2. The normalized spacial score (nSPS) is 12.5. The molecule has 0 aliphatic carbocycles. The number of amides is 2. The van der Waals surface area contributed by atoms with Crippen LogP contribution in [0.5, 0.6) is 0 Å². The van der Waals surface area contributed by atoms with Gasteiger partial charge in [0.25, 0.3) is 0 Å². The van der Waals surface area contributed by atoms with Crippen LogP contribution in [-0.2, 0) is 19.6 Å². The van der Waals surface area contributed by atoms with Crippen LogP contribution < -0.4 is 15.4 Å². The molecule has 2 amide bonds. The molecule has 0 unspecified atom stereocenters. The van der Waals surface area contributed by atoms with Gasteiger partial charge in [-0.25, -0.2) is 13.1 Å². The van der Waals surface area contributed by atoms with Crippen molar-refractivity contribution in [3.63, 3.8) is 0 Å². The summed E-state index contributed by atoms with van der Waals surface area (Å²) >= 11 is 0. The van der Waals surface area contributed by atoms with Crippen molar-refractivity contribution in [2.45, 2.75) is 51.5 Å². The number of carbonyl (C=O) groups excluding carboxylic acids is 2. The van der Waals surface area contributed by atoms with Crippen molar-refractivity contribution in [2.75, 3.05) is 13.1 Å². The number of hydrogen-bond donors (Lipinski definition) is 3. The summed E-state index contributed by atoms with van der Waals surface area (Å²) in [7, 11) is -3.66. The Morgan fingerprint density at radius 1 is 1.12 bits per heavy atom. The molecule has 0 spiro atoms. The molecule has 0 aliphatic rings. The van der Waals surface area contributed by atoms with Crippen LogP contribution in [0.4, 0.5) is 0 Å². The van der Waals surface area contributed by atoms with Crippen LogP contribution in [0.25, 0.3) is 0 Å². The Labute approximate surface area is 149 Å². The number of sulfonamides is 1. The van der Waals surface area contributed by atoms with Gasteiger partial charge in [-0.3, -0.25) is 9.59 Å². The van der Waals surface area contributed by atoms with E-state index in [1.54, 1.807) is 19.1 Å². The zero-order valence-corrected chi connectivity index (χ0v) is 16.0. The summed E-state index contributed by atoms with van der Waals surface area (Å²) in [6.45, 7) is 7.78. The van der Waals surface area contributed by atoms with Crippen LogP contribution in [0.15, 0.2) is 23.1 Å². The molecule has 0 aliphatic heterocycles. The average Bonchev–Trinajstić information content (AvgIpc) is 2.54. The summed E-state index contributed by atoms with van der Waals surface area (Å²) < 4.78 is 26.8. The first kappa shape index (κ1) is 21.1. The van der Waals surface area contributed by atoms with Crippen molar-refractivity contribution in [1.82, 2.24) is 15.4 Å². The maximum absolute atomic E-state index is 12.2. The lowest BCUT2D eigenvalue weighted by Crippen LogP contribution is -2.45. The molecule has 0 saturated carbocycles. The molecule has 0 heterocycles. The van der Waals surface area contributed by atoms with E-state index in [0.717, 1.165) is 17.5 Å². The Bertz CT molecular complexity index is 717. The molecule has 1 aromatic carbocycles. The minimum Gasteiger partial charge on any atom is -0.354 e. The number of benzene rings is 1. The number of nitrogens with one attached hydrogen (secondary N) is 3. The van der Waals surface area contributed by atoms with Crippen molar-refractivity contribution >= 4 is 21.8 Å². The second kappa shape index (κ2) is 9.53. The summed E-state index contributed by atoms with van der Waals surface area (Å²) in [6, 6.07) is 4.21. The van der Waals surface area contributed by atoms with Gasteiger partial charge in [-0.2, -0.15) is 0 Å². The molecule has 8 heteroatoms. The lowest BCUT2D eigenvalue weighted by Gasteiger charge is -2.14. The molecule has 1 atom stereocenters. The topological polar surface area (TPSA) is 104 Å². The fourth-order valence-corrected chi connectivity index (χ4v) is 3.16. The summed E-state index contributed by atoms with van der Waals surface area (Å²) in [5, 5.41) is 5.23. The van der Waals surface area contributed by atoms with E-state index in [1.165, 1.54) is 6.07 Å². The van der Waals surface area contributed by atoms with Gasteiger partial charge < -0.3 is 10.6 Å². The third kappa shape index (κ3) is 6.83. The fourth-order valence-electron chi connectivity index (χ4n) is 2.04. The van der Waals surface area contributed by atoms with Gasteiger partial charge in [-0.15, -0.1) is 0 Å². The van der Waals surface area contributed by atoms with E-state index in [9.17, 15) is 18.0 Å². The van der Waals surface area contributed by atoms with Gasteiger partial charge in [0.15, 0.2) is 0 Å². The van der Waals surface area contributed by atoms with Crippen LogP contribution in [0, 0.1) is 13.8 Å². The predicted octanol–water partition coefficient (Wildman–Crippen LogP) is 1.00. The molecule has 3 N–H and O–H groups in total. The van der Waals surface area contributed by atoms with Crippen molar-refractivity contribution in [3.8, 4) is 0 Å². The molecule has 1 aromatic rings. The number of rotatable bonds is 9. The molecule has 1 rings (SSSR count). The predicted molar refractivity (Wildman–Crippen MR) is 96.6 cm³/mol. The van der Waals surface area contributed by atoms with Crippen LogP contribution in [0.1, 0.15) is 37.8 Å². The maximum atomic E-state index is 12.2. The second-order valence-electron chi connectivity index (χ2n) is 5.97.